The number of nitrogens with zero attached hydrogens (tertiary/aromatic N) is 1. The molecule has 1 aromatic carbocycles. The van der Waals surface area contributed by atoms with Crippen LogP contribution in [0.15, 0.2) is 30.5 Å². The number of hydrogen-bond donors (Lipinski definition) is 3. The van der Waals surface area contributed by atoms with Crippen molar-refractivity contribution in [3.8, 4) is 23.7 Å². The van der Waals surface area contributed by atoms with Gasteiger partial charge in [-0.25, -0.2) is 13.9 Å². The summed E-state index contributed by atoms with van der Waals surface area (Å²) in [6, 6.07) is 7.40. The number of ether oxygens (including phenoxy) is 1. The second-order valence-corrected chi connectivity index (χ2v) is 9.95. The minimum absolute atomic E-state index is 0.00816. The molecular weight excluding hydrogens is 408 g/mol. The summed E-state index contributed by atoms with van der Waals surface area (Å²) in [4.78, 5) is 12.0. The fourth-order valence-electron chi connectivity index (χ4n) is 3.01. The van der Waals surface area contributed by atoms with Gasteiger partial charge in [-0.1, -0.05) is 5.92 Å². The number of aliphatic hydroxyl groups is 1. The van der Waals surface area contributed by atoms with Crippen LogP contribution in [0.4, 0.5) is 0 Å². The summed E-state index contributed by atoms with van der Waals surface area (Å²) in [6.45, 7) is 1.94. The van der Waals surface area contributed by atoms with Crippen LogP contribution in [-0.2, 0) is 25.9 Å². The number of fused-ring (bicyclic) bond motifs is 1. The van der Waals surface area contributed by atoms with Crippen molar-refractivity contribution in [3.05, 3.63) is 36.0 Å². The van der Waals surface area contributed by atoms with Gasteiger partial charge in [-0.15, -0.1) is 0 Å². The molecule has 9 heteroatoms. The molecule has 3 N–H and O–H groups in total. The standard InChI is InChI=1S/C21H22N2O6S/c1-20(19(24)22-26,30(2,27)28)10-12-23-11-8-17-13-16(6-7-18(17)23)5-3-4-9-21(25)14-29-15-21/h6-8,11,13,25-26H,10,12,14-15H2,1-2H3,(H,22,24)/t20-/m1/s1. The summed E-state index contributed by atoms with van der Waals surface area (Å²) in [6.07, 6.45) is 2.76. The number of nitrogens with one attached hydrogen (secondary N) is 1. The highest BCUT2D eigenvalue weighted by Gasteiger charge is 2.43. The topological polar surface area (TPSA) is 118 Å². The lowest BCUT2D eigenvalue weighted by Gasteiger charge is -2.30. The van der Waals surface area contributed by atoms with Gasteiger partial charge in [-0.3, -0.25) is 10.0 Å². The molecule has 0 aliphatic carbocycles. The van der Waals surface area contributed by atoms with Crippen molar-refractivity contribution in [3.63, 3.8) is 0 Å². The number of benzene rings is 1. The highest BCUT2D eigenvalue weighted by atomic mass is 32.2. The van der Waals surface area contributed by atoms with Crippen molar-refractivity contribution < 1.29 is 28.3 Å². The molecule has 8 nitrogen and oxygen atoms in total. The highest BCUT2D eigenvalue weighted by molar-refractivity contribution is 7.92. The molecule has 1 saturated heterocycles. The number of carbonyl (C=O) groups is 1. The number of carbonyl (C=O) groups excluding carboxylic acids is 1. The van der Waals surface area contributed by atoms with Gasteiger partial charge in [0.05, 0.1) is 13.2 Å². The van der Waals surface area contributed by atoms with Gasteiger partial charge in [0.2, 0.25) is 0 Å². The molecule has 0 saturated carbocycles. The van der Waals surface area contributed by atoms with Crippen LogP contribution in [0.5, 0.6) is 0 Å². The van der Waals surface area contributed by atoms with Crippen LogP contribution in [-0.4, -0.2) is 59.0 Å². The van der Waals surface area contributed by atoms with Crippen LogP contribution in [0, 0.1) is 23.7 Å². The number of amides is 1. The Labute approximate surface area is 174 Å². The molecule has 1 fully saturated rings. The van der Waals surface area contributed by atoms with E-state index >= 15 is 0 Å². The number of rotatable bonds is 5. The lowest BCUT2D eigenvalue weighted by molar-refractivity contribution is -0.140. The molecule has 2 heterocycles. The molecule has 3 rings (SSSR count). The first-order chi connectivity index (χ1) is 14.1. The summed E-state index contributed by atoms with van der Waals surface area (Å²) in [5.41, 5.74) is 1.95. The molecule has 1 atom stereocenters. The first-order valence-corrected chi connectivity index (χ1v) is 11.0. The fraction of sp³-hybridized carbons (Fsp3) is 0.381. The summed E-state index contributed by atoms with van der Waals surface area (Å²) in [5, 5.41) is 19.6. The lowest BCUT2D eigenvalue weighted by Crippen LogP contribution is -2.49. The average molecular weight is 430 g/mol. The van der Waals surface area contributed by atoms with Gasteiger partial charge in [-0.2, -0.15) is 0 Å². The van der Waals surface area contributed by atoms with Gasteiger partial charge in [-0.05, 0) is 55.4 Å². The molecule has 1 aliphatic rings. The Morgan fingerprint density at radius 1 is 1.33 bits per heavy atom. The molecular formula is C21H22N2O6S. The zero-order valence-corrected chi connectivity index (χ0v) is 17.4. The molecule has 158 valence electrons. The maximum absolute atomic E-state index is 12.1. The maximum atomic E-state index is 12.1. The van der Waals surface area contributed by atoms with Crippen molar-refractivity contribution in [2.24, 2.45) is 0 Å². The molecule has 1 aliphatic heterocycles. The monoisotopic (exact) mass is 430 g/mol. The normalized spacial score (nSPS) is 16.9. The second kappa shape index (κ2) is 8.13. The van der Waals surface area contributed by atoms with E-state index in [2.05, 4.69) is 23.7 Å². The fourth-order valence-corrected chi connectivity index (χ4v) is 3.86. The Morgan fingerprint density at radius 3 is 2.67 bits per heavy atom. The molecule has 0 spiro atoms. The van der Waals surface area contributed by atoms with E-state index in [1.807, 2.05) is 28.8 Å². The summed E-state index contributed by atoms with van der Waals surface area (Å²) < 4.78 is 29.2. The molecule has 1 amide bonds. The van der Waals surface area contributed by atoms with E-state index in [0.29, 0.717) is 0 Å². The van der Waals surface area contributed by atoms with Gasteiger partial charge in [0, 0.05) is 35.5 Å². The summed E-state index contributed by atoms with van der Waals surface area (Å²) >= 11 is 0. The molecule has 0 radical (unpaired) electrons. The quantitative estimate of drug-likeness (QED) is 0.360. The Bertz CT molecular complexity index is 1200. The molecule has 1 aromatic heterocycles. The SMILES string of the molecule is C[C@@](CCn1ccc2cc(C#CC#CC3(O)COC3)ccc21)(C(=O)NO)S(C)(=O)=O. The van der Waals surface area contributed by atoms with Crippen LogP contribution < -0.4 is 5.48 Å². The minimum Gasteiger partial charge on any atom is -0.373 e. The first-order valence-electron chi connectivity index (χ1n) is 9.14. The summed E-state index contributed by atoms with van der Waals surface area (Å²) in [7, 11) is -3.75. The van der Waals surface area contributed by atoms with Crippen molar-refractivity contribution >= 4 is 26.6 Å². The third-order valence-electron chi connectivity index (χ3n) is 5.25. The van der Waals surface area contributed by atoms with E-state index in [4.69, 9.17) is 9.94 Å². The van der Waals surface area contributed by atoms with E-state index in [1.165, 1.54) is 12.4 Å². The van der Waals surface area contributed by atoms with Crippen LogP contribution in [0.25, 0.3) is 10.9 Å². The smallest absolute Gasteiger partial charge is 0.264 e. The Hall–Kier alpha value is -2.82. The molecule has 30 heavy (non-hydrogen) atoms. The highest BCUT2D eigenvalue weighted by Crippen LogP contribution is 2.24. The van der Waals surface area contributed by atoms with Crippen molar-refractivity contribution in [2.45, 2.75) is 30.2 Å². The van der Waals surface area contributed by atoms with Gasteiger partial charge < -0.3 is 14.4 Å². The Kier molecular flexibility index (Phi) is 5.93. The van der Waals surface area contributed by atoms with Gasteiger partial charge in [0.25, 0.3) is 5.91 Å². The minimum atomic E-state index is -3.75. The van der Waals surface area contributed by atoms with Crippen LogP contribution >= 0.6 is 0 Å². The number of aromatic nitrogens is 1. The Balaban J connectivity index is 1.77. The number of sulfone groups is 1. The van der Waals surface area contributed by atoms with Gasteiger partial charge in [0.1, 0.15) is 0 Å². The Morgan fingerprint density at radius 2 is 2.07 bits per heavy atom. The number of hydrogen-bond acceptors (Lipinski definition) is 6. The first kappa shape index (κ1) is 21.9. The predicted molar refractivity (Wildman–Crippen MR) is 110 cm³/mol. The molecule has 0 unspecified atom stereocenters. The van der Waals surface area contributed by atoms with Crippen LogP contribution in [0.1, 0.15) is 18.9 Å². The van der Waals surface area contributed by atoms with Crippen LogP contribution in [0.2, 0.25) is 0 Å². The lowest BCUT2D eigenvalue weighted by atomic mass is 10.0. The molecule has 2 aromatic rings. The zero-order chi connectivity index (χ0) is 22.0. The van der Waals surface area contributed by atoms with Crippen molar-refractivity contribution in [1.29, 1.82) is 0 Å². The van der Waals surface area contributed by atoms with Crippen molar-refractivity contribution in [1.82, 2.24) is 10.0 Å². The third-order valence-corrected chi connectivity index (χ3v) is 7.27. The van der Waals surface area contributed by atoms with E-state index < -0.39 is 26.1 Å². The zero-order valence-electron chi connectivity index (χ0n) is 16.6. The van der Waals surface area contributed by atoms with Gasteiger partial charge in [0.15, 0.2) is 20.2 Å². The third kappa shape index (κ3) is 4.35. The van der Waals surface area contributed by atoms with Gasteiger partial charge >= 0.3 is 0 Å². The molecule has 0 bridgehead atoms. The number of aryl methyl sites for hydroxylation is 1. The van der Waals surface area contributed by atoms with E-state index in [0.717, 1.165) is 22.7 Å². The van der Waals surface area contributed by atoms with E-state index in [-0.39, 0.29) is 26.2 Å². The van der Waals surface area contributed by atoms with Crippen molar-refractivity contribution in [2.75, 3.05) is 19.5 Å². The van der Waals surface area contributed by atoms with Crippen LogP contribution in [0.3, 0.4) is 0 Å². The second-order valence-electron chi connectivity index (χ2n) is 7.50. The summed E-state index contributed by atoms with van der Waals surface area (Å²) in [5.74, 6) is 9.97. The van der Waals surface area contributed by atoms with E-state index in [1.54, 1.807) is 6.20 Å². The number of hydroxylamine groups is 1. The van der Waals surface area contributed by atoms with E-state index in [9.17, 15) is 18.3 Å². The maximum Gasteiger partial charge on any atom is 0.264 e. The average Bonchev–Trinajstić information content (AvgIpc) is 3.08. The largest absolute Gasteiger partial charge is 0.373 e. The predicted octanol–water partition coefficient (Wildman–Crippen LogP) is 0.456.